The lowest BCUT2D eigenvalue weighted by molar-refractivity contribution is -0.141. The van der Waals surface area contributed by atoms with Gasteiger partial charge in [-0.3, -0.25) is 48.1 Å². The second kappa shape index (κ2) is 19.9. The lowest BCUT2D eigenvalue weighted by atomic mass is 10.1. The van der Waals surface area contributed by atoms with Crippen molar-refractivity contribution in [3.63, 3.8) is 0 Å². The molecule has 248 valence electrons. The second-order valence-electron chi connectivity index (χ2n) is 9.17. The Labute approximate surface area is 261 Å². The first-order valence-corrected chi connectivity index (χ1v) is 13.3. The first kappa shape index (κ1) is 37.9. The van der Waals surface area contributed by atoms with Crippen LogP contribution in [0.2, 0.25) is 0 Å². The van der Waals surface area contributed by atoms with E-state index in [-0.39, 0.29) is 25.7 Å². The van der Waals surface area contributed by atoms with Crippen molar-refractivity contribution in [1.29, 1.82) is 0 Å². The van der Waals surface area contributed by atoms with Crippen molar-refractivity contribution >= 4 is 80.0 Å². The number of imide groups is 1. The summed E-state index contributed by atoms with van der Waals surface area (Å²) in [5.41, 5.74) is 8.21. The molecule has 0 spiro atoms. The van der Waals surface area contributed by atoms with Crippen LogP contribution in [-0.4, -0.2) is 110 Å². The molecule has 0 radical (unpaired) electrons. The summed E-state index contributed by atoms with van der Waals surface area (Å²) in [5.74, 6) is -7.20. The lowest BCUT2D eigenvalue weighted by Crippen LogP contribution is -2.55. The summed E-state index contributed by atoms with van der Waals surface area (Å²) in [5, 5.41) is 19.9. The van der Waals surface area contributed by atoms with Gasteiger partial charge in [-0.1, -0.05) is 0 Å². The number of nitrogens with one attached hydrogen (secondary N) is 7. The maximum absolute atomic E-state index is 13.3. The fourth-order valence-corrected chi connectivity index (χ4v) is 3.74. The Balaban J connectivity index is 3.11. The fourth-order valence-electron chi connectivity index (χ4n) is 3.74. The van der Waals surface area contributed by atoms with Crippen LogP contribution in [0.25, 0.3) is 0 Å². The molecule has 0 saturated carbocycles. The van der Waals surface area contributed by atoms with E-state index in [1.807, 2.05) is 10.9 Å². The monoisotopic (exact) mass is 646 g/mol. The lowest BCUT2D eigenvalue weighted by Gasteiger charge is -2.23. The van der Waals surface area contributed by atoms with E-state index in [1.165, 1.54) is 0 Å². The molecule has 3 unspecified atom stereocenters. The highest BCUT2D eigenvalue weighted by Gasteiger charge is 2.31. The second-order valence-corrected chi connectivity index (χ2v) is 9.17. The molecule has 3 atom stereocenters. The number of nitrogens with zero attached hydrogens (tertiary/aromatic N) is 5. The molecular weight excluding hydrogens is 612 g/mol. The van der Waals surface area contributed by atoms with Gasteiger partial charge in [-0.2, -0.15) is 20.4 Å². The van der Waals surface area contributed by atoms with Gasteiger partial charge in [-0.05, 0) is 19.3 Å². The SMILES string of the molecule is C=NNC(=O)CCC(NC(=O)CCC(NC(=O)CN1C(=O)C=CC1=O)C(=O)NC(CCC(=O)NN=C)C(=O)NN=C)C(=O)NN=C. The van der Waals surface area contributed by atoms with Gasteiger partial charge in [0, 0.05) is 58.3 Å². The summed E-state index contributed by atoms with van der Waals surface area (Å²) >= 11 is 0. The van der Waals surface area contributed by atoms with Gasteiger partial charge in [0.2, 0.25) is 29.5 Å². The maximum atomic E-state index is 13.3. The number of hydrogen-bond acceptors (Lipinski definition) is 13. The zero-order valence-electron chi connectivity index (χ0n) is 24.6. The van der Waals surface area contributed by atoms with Crippen LogP contribution in [0.5, 0.6) is 0 Å². The van der Waals surface area contributed by atoms with E-state index in [1.54, 1.807) is 0 Å². The predicted molar refractivity (Wildman–Crippen MR) is 160 cm³/mol. The smallest absolute Gasteiger partial charge is 0.262 e. The van der Waals surface area contributed by atoms with Crippen LogP contribution >= 0.6 is 0 Å². The van der Waals surface area contributed by atoms with Gasteiger partial charge in [0.15, 0.2) is 0 Å². The zero-order chi connectivity index (χ0) is 34.6. The van der Waals surface area contributed by atoms with E-state index in [4.69, 9.17) is 0 Å². The number of carbonyl (C=O) groups is 9. The van der Waals surface area contributed by atoms with Crippen LogP contribution < -0.4 is 37.7 Å². The molecule has 0 aromatic rings. The molecule has 0 saturated heterocycles. The van der Waals surface area contributed by atoms with E-state index < -0.39 is 90.7 Å². The summed E-state index contributed by atoms with van der Waals surface area (Å²) in [4.78, 5) is 112. The van der Waals surface area contributed by atoms with Crippen molar-refractivity contribution < 1.29 is 43.2 Å². The summed E-state index contributed by atoms with van der Waals surface area (Å²) in [7, 11) is 0. The minimum absolute atomic E-state index is 0.190. The van der Waals surface area contributed by atoms with Gasteiger partial charge >= 0.3 is 0 Å². The third kappa shape index (κ3) is 13.4. The number of hydrogen-bond donors (Lipinski definition) is 7. The highest BCUT2D eigenvalue weighted by molar-refractivity contribution is 6.14. The molecule has 1 aliphatic rings. The van der Waals surface area contributed by atoms with Gasteiger partial charge < -0.3 is 16.0 Å². The molecule has 1 rings (SSSR count). The van der Waals surface area contributed by atoms with Crippen LogP contribution in [0.1, 0.15) is 38.5 Å². The Hall–Kier alpha value is -6.15. The average Bonchev–Trinajstić information content (AvgIpc) is 3.31. The van der Waals surface area contributed by atoms with Gasteiger partial charge in [0.05, 0.1) is 0 Å². The van der Waals surface area contributed by atoms with E-state index in [0.29, 0.717) is 4.90 Å². The van der Waals surface area contributed by atoms with Crippen molar-refractivity contribution in [3.05, 3.63) is 12.2 Å². The summed E-state index contributed by atoms with van der Waals surface area (Å²) in [6, 6.07) is -4.20. The Morgan fingerprint density at radius 1 is 0.543 bits per heavy atom. The zero-order valence-corrected chi connectivity index (χ0v) is 24.6. The highest BCUT2D eigenvalue weighted by atomic mass is 16.2. The maximum Gasteiger partial charge on any atom is 0.262 e. The largest absolute Gasteiger partial charge is 0.344 e. The van der Waals surface area contributed by atoms with E-state index in [2.05, 4.69) is 74.1 Å². The van der Waals surface area contributed by atoms with Crippen molar-refractivity contribution in [3.8, 4) is 0 Å². The number of hydrazone groups is 4. The van der Waals surface area contributed by atoms with Gasteiger partial charge in [0.1, 0.15) is 24.7 Å². The molecule has 0 aromatic heterocycles. The molecule has 0 aliphatic carbocycles. The molecule has 21 nitrogen and oxygen atoms in total. The van der Waals surface area contributed by atoms with E-state index in [9.17, 15) is 43.2 Å². The van der Waals surface area contributed by atoms with Crippen molar-refractivity contribution in [2.45, 2.75) is 56.7 Å². The fraction of sp³-hybridized carbons (Fsp3) is 0.400. The quantitative estimate of drug-likeness (QED) is 0.0360. The van der Waals surface area contributed by atoms with Crippen LogP contribution in [-0.2, 0) is 43.2 Å². The molecule has 21 heteroatoms. The normalized spacial score (nSPS) is 13.6. The van der Waals surface area contributed by atoms with Gasteiger partial charge in [0.25, 0.3) is 23.6 Å². The van der Waals surface area contributed by atoms with Crippen LogP contribution in [0.3, 0.4) is 0 Å². The Bertz CT molecular complexity index is 1280. The molecule has 0 bridgehead atoms. The Morgan fingerprint density at radius 2 is 0.913 bits per heavy atom. The predicted octanol–water partition coefficient (Wildman–Crippen LogP) is -4.37. The molecule has 1 aliphatic heterocycles. The van der Waals surface area contributed by atoms with Crippen molar-refractivity contribution in [2.24, 2.45) is 20.4 Å². The molecule has 46 heavy (non-hydrogen) atoms. The standard InChI is InChI=1S/C25H34N12O9/c1-26-33-18(39)9-6-15(24(45)35-28-3)30-17(38)8-5-14(31-20(41)13-37-21(42)11-12-22(37)43)23(44)32-16(25(46)36-29-4)7-10-19(40)34-27-2/h11-12,14-16H,1-10,13H2,(H,30,38)(H,31,41)(H,32,44)(H,33,39)(H,34,40)(H,35,45)(H,36,46). The molecular formula is C25H34N12O9. The van der Waals surface area contributed by atoms with Crippen molar-refractivity contribution in [2.75, 3.05) is 6.54 Å². The topological polar surface area (TPSA) is 291 Å². The first-order valence-electron chi connectivity index (χ1n) is 13.3. The van der Waals surface area contributed by atoms with Crippen LogP contribution in [0.4, 0.5) is 0 Å². The van der Waals surface area contributed by atoms with Gasteiger partial charge in [-0.25, -0.2) is 21.7 Å². The summed E-state index contributed by atoms with van der Waals surface area (Å²) < 4.78 is 0. The number of carbonyl (C=O) groups excluding carboxylic acids is 9. The number of rotatable bonds is 21. The average molecular weight is 647 g/mol. The Kier molecular flexibility index (Phi) is 16.4. The summed E-state index contributed by atoms with van der Waals surface area (Å²) in [6.45, 7) is 11.7. The van der Waals surface area contributed by atoms with E-state index in [0.717, 1.165) is 12.2 Å². The molecule has 1 heterocycles. The third-order valence-corrected chi connectivity index (χ3v) is 5.90. The third-order valence-electron chi connectivity index (χ3n) is 5.90. The van der Waals surface area contributed by atoms with Crippen LogP contribution in [0, 0.1) is 0 Å². The molecule has 0 aromatic carbocycles. The molecule has 9 amide bonds. The summed E-state index contributed by atoms with van der Waals surface area (Å²) in [6.07, 6.45) is -0.0211. The minimum Gasteiger partial charge on any atom is -0.344 e. The van der Waals surface area contributed by atoms with Crippen LogP contribution in [0.15, 0.2) is 32.6 Å². The molecule has 0 fully saturated rings. The molecule has 7 N–H and O–H groups in total. The Morgan fingerprint density at radius 3 is 1.35 bits per heavy atom. The number of amides is 9. The van der Waals surface area contributed by atoms with Crippen molar-refractivity contribution in [1.82, 2.24) is 42.6 Å². The van der Waals surface area contributed by atoms with Gasteiger partial charge in [-0.15, -0.1) is 0 Å². The first-order chi connectivity index (χ1) is 21.9. The van der Waals surface area contributed by atoms with E-state index >= 15 is 0 Å². The highest BCUT2D eigenvalue weighted by Crippen LogP contribution is 2.07. The minimum atomic E-state index is -1.54.